The van der Waals surface area contributed by atoms with Crippen LogP contribution in [0.1, 0.15) is 16.1 Å². The average molecular weight is 518 g/mol. The van der Waals surface area contributed by atoms with E-state index in [1.807, 2.05) is 0 Å². The molecular formula is C25H25F3N4O5. The molecule has 9 nitrogen and oxygen atoms in total. The lowest BCUT2D eigenvalue weighted by atomic mass is 10.2. The molecule has 0 aliphatic rings. The highest BCUT2D eigenvalue weighted by Gasteiger charge is 2.31. The Balaban J connectivity index is 1.70. The van der Waals surface area contributed by atoms with E-state index in [4.69, 9.17) is 14.2 Å². The minimum atomic E-state index is -4.63. The Morgan fingerprint density at radius 3 is 2.35 bits per heavy atom. The third-order valence-electron chi connectivity index (χ3n) is 5.00. The number of ether oxygens (including phenoxy) is 3. The lowest BCUT2D eigenvalue weighted by Crippen LogP contribution is -2.31. The molecule has 3 amide bonds. The summed E-state index contributed by atoms with van der Waals surface area (Å²) in [5.74, 6) is 0.410. The first kappa shape index (κ1) is 27.3. The zero-order valence-electron chi connectivity index (χ0n) is 20.3. The molecule has 0 saturated heterocycles. The van der Waals surface area contributed by atoms with Gasteiger partial charge in [-0.1, -0.05) is 0 Å². The topological polar surface area (TPSA) is 102 Å². The van der Waals surface area contributed by atoms with Gasteiger partial charge in [0.05, 0.1) is 12.2 Å². The number of nitrogens with zero attached hydrogens (tertiary/aromatic N) is 2. The number of carbonyl (C=O) groups excluding carboxylic acids is 2. The fourth-order valence-electron chi connectivity index (χ4n) is 3.09. The number of anilines is 2. The first-order valence-electron chi connectivity index (χ1n) is 11.0. The maximum absolute atomic E-state index is 13.3. The molecule has 0 radical (unpaired) electrons. The summed E-state index contributed by atoms with van der Waals surface area (Å²) in [6.07, 6.45) is -3.19. The number of amides is 3. The van der Waals surface area contributed by atoms with Crippen molar-refractivity contribution < 1.29 is 37.0 Å². The molecule has 0 aliphatic heterocycles. The first-order chi connectivity index (χ1) is 17.6. The standard InChI is InChI=1S/C25H25F3N4O5/c1-29-23(33)22-15-20(8-9-30-22)37-19-6-4-18(5-7-19)32(2)24(34)31-17-12-16(25(26,27)28)13-21(14-17)36-11-10-35-3/h4-9,12-15H,10-11H2,1-3H3,(H,29,33)(H,31,34). The van der Waals surface area contributed by atoms with Crippen LogP contribution in [0.2, 0.25) is 0 Å². The van der Waals surface area contributed by atoms with Gasteiger partial charge in [0, 0.05) is 50.9 Å². The van der Waals surface area contributed by atoms with E-state index in [1.165, 1.54) is 44.4 Å². The van der Waals surface area contributed by atoms with Crippen molar-refractivity contribution in [3.05, 3.63) is 72.1 Å². The molecule has 12 heteroatoms. The lowest BCUT2D eigenvalue weighted by molar-refractivity contribution is -0.137. The van der Waals surface area contributed by atoms with Crippen molar-refractivity contribution in [1.82, 2.24) is 10.3 Å². The second-order valence-electron chi connectivity index (χ2n) is 7.63. The lowest BCUT2D eigenvalue weighted by Gasteiger charge is -2.20. The third-order valence-corrected chi connectivity index (χ3v) is 5.00. The van der Waals surface area contributed by atoms with Gasteiger partial charge in [-0.25, -0.2) is 4.79 Å². The van der Waals surface area contributed by atoms with Crippen molar-refractivity contribution in [2.24, 2.45) is 0 Å². The zero-order valence-corrected chi connectivity index (χ0v) is 20.3. The van der Waals surface area contributed by atoms with Gasteiger partial charge in [0.2, 0.25) is 0 Å². The Kier molecular flexibility index (Phi) is 8.90. The Bertz CT molecular complexity index is 1240. The molecule has 0 bridgehead atoms. The number of hydrogen-bond donors (Lipinski definition) is 2. The maximum Gasteiger partial charge on any atom is 0.416 e. The van der Waals surface area contributed by atoms with E-state index < -0.39 is 17.8 Å². The number of hydrogen-bond acceptors (Lipinski definition) is 6. The molecule has 3 aromatic rings. The summed E-state index contributed by atoms with van der Waals surface area (Å²) in [7, 11) is 4.40. The molecule has 0 atom stereocenters. The molecular weight excluding hydrogens is 493 g/mol. The average Bonchev–Trinajstić information content (AvgIpc) is 2.88. The number of alkyl halides is 3. The molecule has 1 aromatic heterocycles. The number of carbonyl (C=O) groups is 2. The molecule has 0 saturated carbocycles. The predicted octanol–water partition coefficient (Wildman–Crippen LogP) is 4.95. The Morgan fingerprint density at radius 2 is 1.70 bits per heavy atom. The summed E-state index contributed by atoms with van der Waals surface area (Å²) in [5, 5.41) is 4.94. The fraction of sp³-hybridized carbons (Fsp3) is 0.240. The van der Waals surface area contributed by atoms with Gasteiger partial charge in [0.1, 0.15) is 29.5 Å². The number of pyridine rings is 1. The predicted molar refractivity (Wildman–Crippen MR) is 130 cm³/mol. The molecule has 1 heterocycles. The van der Waals surface area contributed by atoms with E-state index in [-0.39, 0.29) is 36.3 Å². The minimum Gasteiger partial charge on any atom is -0.491 e. The number of halogens is 3. The van der Waals surface area contributed by atoms with Crippen LogP contribution < -0.4 is 25.0 Å². The van der Waals surface area contributed by atoms with Crippen LogP contribution in [0.25, 0.3) is 0 Å². The normalized spacial score (nSPS) is 11.0. The van der Waals surface area contributed by atoms with Crippen molar-refractivity contribution in [1.29, 1.82) is 0 Å². The molecule has 196 valence electrons. The minimum absolute atomic E-state index is 0.0477. The SMILES string of the molecule is CNC(=O)c1cc(Oc2ccc(N(C)C(=O)Nc3cc(OCCOC)cc(C(F)(F)F)c3)cc2)ccn1. The van der Waals surface area contributed by atoms with Gasteiger partial charge in [-0.05, 0) is 42.5 Å². The highest BCUT2D eigenvalue weighted by atomic mass is 19.4. The number of benzene rings is 2. The van der Waals surface area contributed by atoms with E-state index in [0.29, 0.717) is 17.2 Å². The maximum atomic E-state index is 13.3. The van der Waals surface area contributed by atoms with Crippen LogP contribution in [0.3, 0.4) is 0 Å². The molecule has 2 N–H and O–H groups in total. The first-order valence-corrected chi connectivity index (χ1v) is 11.0. The van der Waals surface area contributed by atoms with Gasteiger partial charge in [0.25, 0.3) is 5.91 Å². The molecule has 3 rings (SSSR count). The van der Waals surface area contributed by atoms with E-state index >= 15 is 0 Å². The Morgan fingerprint density at radius 1 is 0.973 bits per heavy atom. The van der Waals surface area contributed by atoms with Gasteiger partial charge in [0.15, 0.2) is 0 Å². The molecule has 2 aromatic carbocycles. The van der Waals surface area contributed by atoms with Crippen LogP contribution in [-0.2, 0) is 10.9 Å². The number of urea groups is 1. The second-order valence-corrected chi connectivity index (χ2v) is 7.63. The number of aromatic nitrogens is 1. The number of methoxy groups -OCH3 is 1. The fourth-order valence-corrected chi connectivity index (χ4v) is 3.09. The molecule has 0 aliphatic carbocycles. The van der Waals surface area contributed by atoms with Crippen LogP contribution in [-0.4, -0.2) is 51.3 Å². The Hall–Kier alpha value is -4.32. The summed E-state index contributed by atoms with van der Waals surface area (Å²) in [6.45, 7) is 0.239. The van der Waals surface area contributed by atoms with Crippen molar-refractivity contribution in [2.45, 2.75) is 6.18 Å². The molecule has 0 fully saturated rings. The summed E-state index contributed by atoms with van der Waals surface area (Å²) in [5.41, 5.74) is -0.398. The van der Waals surface area contributed by atoms with Crippen molar-refractivity contribution in [3.63, 3.8) is 0 Å². The van der Waals surface area contributed by atoms with Gasteiger partial charge in [-0.15, -0.1) is 0 Å². The van der Waals surface area contributed by atoms with Crippen LogP contribution in [0.5, 0.6) is 17.2 Å². The molecule has 37 heavy (non-hydrogen) atoms. The summed E-state index contributed by atoms with van der Waals surface area (Å²) >= 11 is 0. The highest BCUT2D eigenvalue weighted by Crippen LogP contribution is 2.34. The third kappa shape index (κ3) is 7.58. The van der Waals surface area contributed by atoms with Crippen LogP contribution in [0, 0.1) is 0 Å². The molecule has 0 spiro atoms. The summed E-state index contributed by atoms with van der Waals surface area (Å²) in [4.78, 5) is 29.7. The smallest absolute Gasteiger partial charge is 0.416 e. The van der Waals surface area contributed by atoms with Gasteiger partial charge >= 0.3 is 12.2 Å². The Labute approximate surface area is 211 Å². The van der Waals surface area contributed by atoms with E-state index in [1.54, 1.807) is 30.3 Å². The van der Waals surface area contributed by atoms with Crippen molar-refractivity contribution >= 4 is 23.3 Å². The van der Waals surface area contributed by atoms with Crippen LogP contribution in [0.15, 0.2) is 60.8 Å². The van der Waals surface area contributed by atoms with E-state index in [0.717, 1.165) is 12.1 Å². The molecule has 0 unspecified atom stereocenters. The second kappa shape index (κ2) is 12.1. The highest BCUT2D eigenvalue weighted by molar-refractivity contribution is 6.01. The van der Waals surface area contributed by atoms with Crippen LogP contribution >= 0.6 is 0 Å². The van der Waals surface area contributed by atoms with Gasteiger partial charge in [-0.3, -0.25) is 14.7 Å². The number of rotatable bonds is 9. The van der Waals surface area contributed by atoms with Crippen LogP contribution in [0.4, 0.5) is 29.3 Å². The monoisotopic (exact) mass is 518 g/mol. The van der Waals surface area contributed by atoms with Crippen molar-refractivity contribution in [2.75, 3.05) is 44.6 Å². The largest absolute Gasteiger partial charge is 0.491 e. The summed E-state index contributed by atoms with van der Waals surface area (Å²) < 4.78 is 55.9. The van der Waals surface area contributed by atoms with E-state index in [9.17, 15) is 22.8 Å². The van der Waals surface area contributed by atoms with Gasteiger partial charge in [-0.2, -0.15) is 13.2 Å². The van der Waals surface area contributed by atoms with E-state index in [2.05, 4.69) is 15.6 Å². The zero-order chi connectivity index (χ0) is 27.0. The van der Waals surface area contributed by atoms with Crippen molar-refractivity contribution in [3.8, 4) is 17.2 Å². The van der Waals surface area contributed by atoms with Gasteiger partial charge < -0.3 is 24.8 Å². The summed E-state index contributed by atoms with van der Waals surface area (Å²) in [6, 6.07) is 11.8. The number of nitrogens with one attached hydrogen (secondary N) is 2. The quantitative estimate of drug-likeness (QED) is 0.389.